The van der Waals surface area contributed by atoms with Crippen molar-refractivity contribution in [2.75, 3.05) is 13.1 Å². The Kier molecular flexibility index (Phi) is 5.08. The lowest BCUT2D eigenvalue weighted by atomic mass is 9.96. The van der Waals surface area contributed by atoms with Gasteiger partial charge >= 0.3 is 0 Å². The normalized spacial score (nSPS) is 18.4. The number of amidine groups is 1. The van der Waals surface area contributed by atoms with Crippen LogP contribution in [0.15, 0.2) is 46.7 Å². The van der Waals surface area contributed by atoms with Crippen molar-refractivity contribution in [3.05, 3.63) is 57.3 Å². The molecule has 2 aliphatic heterocycles. The van der Waals surface area contributed by atoms with Gasteiger partial charge in [-0.2, -0.15) is 10.4 Å². The maximum atomic E-state index is 11.4. The number of nitrogens with one attached hydrogen (secondary N) is 2. The van der Waals surface area contributed by atoms with Gasteiger partial charge in [-0.25, -0.2) is 0 Å². The third kappa shape index (κ3) is 3.32. The summed E-state index contributed by atoms with van der Waals surface area (Å²) in [7, 11) is 0. The molecule has 0 aromatic heterocycles. The van der Waals surface area contributed by atoms with E-state index < -0.39 is 4.92 Å². The summed E-state index contributed by atoms with van der Waals surface area (Å²) in [5.74, 6) is 0.122. The van der Waals surface area contributed by atoms with Gasteiger partial charge in [0.1, 0.15) is 17.5 Å². The molecule has 1 saturated heterocycles. The molecule has 8 heteroatoms. The van der Waals surface area contributed by atoms with Crippen LogP contribution in [0.25, 0.3) is 5.57 Å². The number of nitrogens with zero attached hydrogens (tertiary/aromatic N) is 4. The molecule has 0 amide bonds. The Morgan fingerprint density at radius 2 is 2.04 bits per heavy atom. The average Bonchev–Trinajstić information content (AvgIpc) is 2.69. The minimum atomic E-state index is -0.457. The van der Waals surface area contributed by atoms with Crippen LogP contribution < -0.4 is 5.43 Å². The summed E-state index contributed by atoms with van der Waals surface area (Å²) >= 11 is 0. The molecule has 0 saturated carbocycles. The van der Waals surface area contributed by atoms with Crippen molar-refractivity contribution in [1.82, 2.24) is 10.3 Å². The summed E-state index contributed by atoms with van der Waals surface area (Å²) < 4.78 is 0. The molecule has 8 nitrogen and oxygen atoms in total. The molecule has 0 spiro atoms. The summed E-state index contributed by atoms with van der Waals surface area (Å²) in [5, 5.41) is 33.5. The highest BCUT2D eigenvalue weighted by atomic mass is 16.6. The monoisotopic (exact) mass is 350 g/mol. The number of likely N-dealkylation sites (tertiary alicyclic amines) is 1. The Labute approximate surface area is 150 Å². The minimum absolute atomic E-state index is 0.0601. The van der Waals surface area contributed by atoms with Gasteiger partial charge in [0.15, 0.2) is 0 Å². The number of hydrogen-bond donors (Lipinski definition) is 2. The lowest BCUT2D eigenvalue weighted by Crippen LogP contribution is -2.37. The molecule has 1 aromatic carbocycles. The number of nitriles is 1. The van der Waals surface area contributed by atoms with Crippen LogP contribution in [0, 0.1) is 26.9 Å². The van der Waals surface area contributed by atoms with Crippen LogP contribution in [0.5, 0.6) is 0 Å². The maximum Gasteiger partial charge on any atom is 0.277 e. The Balaban J connectivity index is 2.07. The van der Waals surface area contributed by atoms with Gasteiger partial charge < -0.3 is 4.90 Å². The zero-order valence-electron chi connectivity index (χ0n) is 14.1. The number of rotatable bonds is 3. The molecule has 0 unspecified atom stereocenters. The predicted octanol–water partition coefficient (Wildman–Crippen LogP) is 2.81. The first-order valence-corrected chi connectivity index (χ1v) is 8.35. The fourth-order valence-electron chi connectivity index (χ4n) is 3.14. The van der Waals surface area contributed by atoms with Gasteiger partial charge in [-0.1, -0.05) is 12.1 Å². The Hall–Kier alpha value is -3.47. The summed E-state index contributed by atoms with van der Waals surface area (Å²) in [6.45, 7) is 1.45. The molecule has 26 heavy (non-hydrogen) atoms. The number of hydrazone groups is 1. The van der Waals surface area contributed by atoms with Crippen molar-refractivity contribution in [3.63, 3.8) is 0 Å². The topological polar surface area (TPSA) is 118 Å². The lowest BCUT2D eigenvalue weighted by molar-refractivity contribution is -0.385. The first-order chi connectivity index (χ1) is 12.6. The molecular formula is C18H18N6O2. The van der Waals surface area contributed by atoms with Gasteiger partial charge in [-0.3, -0.25) is 20.9 Å². The molecule has 0 radical (unpaired) electrons. The van der Waals surface area contributed by atoms with Gasteiger partial charge in [-0.05, 0) is 31.4 Å². The van der Waals surface area contributed by atoms with Crippen LogP contribution in [-0.4, -0.2) is 35.0 Å². The first-order valence-electron chi connectivity index (χ1n) is 8.35. The van der Waals surface area contributed by atoms with Crippen molar-refractivity contribution in [2.24, 2.45) is 5.10 Å². The summed E-state index contributed by atoms with van der Waals surface area (Å²) in [4.78, 5) is 12.8. The van der Waals surface area contributed by atoms with Gasteiger partial charge in [0.25, 0.3) is 5.69 Å². The number of hydrogen-bond acceptors (Lipinski definition) is 6. The second kappa shape index (κ2) is 7.61. The third-order valence-corrected chi connectivity index (χ3v) is 4.42. The van der Waals surface area contributed by atoms with Crippen molar-refractivity contribution >= 4 is 23.3 Å². The number of nitro benzene ring substituents is 1. The average molecular weight is 350 g/mol. The summed E-state index contributed by atoms with van der Waals surface area (Å²) in [5.41, 5.74) is 4.02. The number of para-hydroxylation sites is 1. The minimum Gasteiger partial charge on any atom is -0.356 e. The van der Waals surface area contributed by atoms with E-state index in [1.807, 2.05) is 4.90 Å². The number of piperidine rings is 1. The van der Waals surface area contributed by atoms with Crippen molar-refractivity contribution < 1.29 is 4.92 Å². The van der Waals surface area contributed by atoms with E-state index in [1.165, 1.54) is 12.3 Å². The molecule has 0 bridgehead atoms. The highest BCUT2D eigenvalue weighted by Gasteiger charge is 2.26. The van der Waals surface area contributed by atoms with Gasteiger partial charge in [0.2, 0.25) is 0 Å². The third-order valence-electron chi connectivity index (χ3n) is 4.42. The van der Waals surface area contributed by atoms with Crippen LogP contribution in [0.2, 0.25) is 0 Å². The molecule has 3 rings (SSSR count). The van der Waals surface area contributed by atoms with Crippen LogP contribution in [0.1, 0.15) is 24.8 Å². The zero-order valence-corrected chi connectivity index (χ0v) is 14.1. The molecule has 2 N–H and O–H groups in total. The highest BCUT2D eigenvalue weighted by Crippen LogP contribution is 2.32. The summed E-state index contributed by atoms with van der Waals surface area (Å²) in [6.07, 6.45) is 6.18. The first kappa shape index (κ1) is 17.4. The highest BCUT2D eigenvalue weighted by molar-refractivity contribution is 6.06. The number of nitro groups is 1. The van der Waals surface area contributed by atoms with Crippen molar-refractivity contribution in [2.45, 2.75) is 19.3 Å². The van der Waals surface area contributed by atoms with Gasteiger partial charge in [-0.15, -0.1) is 0 Å². The molecule has 2 heterocycles. The second-order valence-corrected chi connectivity index (χ2v) is 6.00. The standard InChI is InChI=1S/C18H18N6O2/c19-12-15(18(20)23-10-4-1-5-11-23)17-14(8-9-21-22-17)13-6-2-3-7-16(13)24(25)26/h2-3,6-9,20,22H,1,4-5,10-11H2/b17-15-,20-18?. The predicted molar refractivity (Wildman–Crippen MR) is 98.5 cm³/mol. The smallest absolute Gasteiger partial charge is 0.277 e. The number of benzene rings is 1. The Bertz CT molecular complexity index is 872. The van der Waals surface area contributed by atoms with Gasteiger partial charge in [0.05, 0.1) is 16.2 Å². The van der Waals surface area contributed by atoms with Crippen LogP contribution in [0.3, 0.4) is 0 Å². The molecular weight excluding hydrogens is 332 g/mol. The van der Waals surface area contributed by atoms with Crippen molar-refractivity contribution in [3.8, 4) is 6.07 Å². The maximum absolute atomic E-state index is 11.4. The van der Waals surface area contributed by atoms with E-state index in [2.05, 4.69) is 16.6 Å². The summed E-state index contributed by atoms with van der Waals surface area (Å²) in [6, 6.07) is 8.43. The lowest BCUT2D eigenvalue weighted by Gasteiger charge is -2.29. The largest absolute Gasteiger partial charge is 0.356 e. The van der Waals surface area contributed by atoms with E-state index in [-0.39, 0.29) is 17.1 Å². The molecule has 132 valence electrons. The van der Waals surface area contributed by atoms with E-state index in [9.17, 15) is 15.4 Å². The zero-order chi connectivity index (χ0) is 18.5. The molecule has 1 fully saturated rings. The quantitative estimate of drug-likeness (QED) is 0.286. The Morgan fingerprint density at radius 3 is 2.73 bits per heavy atom. The number of allylic oxidation sites excluding steroid dienone is 2. The van der Waals surface area contributed by atoms with Crippen LogP contribution >= 0.6 is 0 Å². The molecule has 0 atom stereocenters. The molecule has 1 aromatic rings. The second-order valence-electron chi connectivity index (χ2n) is 6.00. The van der Waals surface area contributed by atoms with E-state index in [0.717, 1.165) is 32.4 Å². The van der Waals surface area contributed by atoms with Gasteiger partial charge in [0, 0.05) is 30.9 Å². The Morgan fingerprint density at radius 1 is 1.31 bits per heavy atom. The van der Waals surface area contributed by atoms with E-state index in [4.69, 9.17) is 5.41 Å². The molecule has 2 aliphatic rings. The fourth-order valence-corrected chi connectivity index (χ4v) is 3.14. The van der Waals surface area contributed by atoms with Crippen LogP contribution in [0.4, 0.5) is 5.69 Å². The van der Waals surface area contributed by atoms with E-state index in [1.54, 1.807) is 24.3 Å². The molecule has 0 aliphatic carbocycles. The van der Waals surface area contributed by atoms with Crippen LogP contribution in [-0.2, 0) is 0 Å². The SMILES string of the molecule is N#C/C(C(=N)N1CCCCC1)=C1/NN=CC=C1c1ccccc1[N+](=O)[O-]. The van der Waals surface area contributed by atoms with E-state index >= 15 is 0 Å². The van der Waals surface area contributed by atoms with Crippen molar-refractivity contribution in [1.29, 1.82) is 10.7 Å². The fraction of sp³-hybridized carbons (Fsp3) is 0.278. The van der Waals surface area contributed by atoms with E-state index in [0.29, 0.717) is 16.8 Å².